The van der Waals surface area contributed by atoms with E-state index in [-0.39, 0.29) is 12.0 Å². The Bertz CT molecular complexity index is 383. The molecule has 0 saturated heterocycles. The van der Waals surface area contributed by atoms with Gasteiger partial charge < -0.3 is 9.84 Å². The third kappa shape index (κ3) is 2.82. The molecule has 5 nitrogen and oxygen atoms in total. The predicted octanol–water partition coefficient (Wildman–Crippen LogP) is 0.768. The molecule has 90 valence electrons. The molecule has 0 aliphatic carbocycles. The minimum atomic E-state index is -0.440. The van der Waals surface area contributed by atoms with Gasteiger partial charge in [-0.1, -0.05) is 13.8 Å². The van der Waals surface area contributed by atoms with Gasteiger partial charge in [0.2, 0.25) is 0 Å². The Morgan fingerprint density at radius 1 is 1.62 bits per heavy atom. The summed E-state index contributed by atoms with van der Waals surface area (Å²) in [5.74, 6) is -0.440. The Hall–Kier alpha value is -1.36. The number of carbonyl (C=O) groups is 1. The number of rotatable bonds is 4. The van der Waals surface area contributed by atoms with Crippen LogP contribution in [-0.4, -0.2) is 34.6 Å². The van der Waals surface area contributed by atoms with E-state index in [0.717, 1.165) is 5.56 Å². The molecule has 16 heavy (non-hydrogen) atoms. The van der Waals surface area contributed by atoms with Crippen molar-refractivity contribution in [1.29, 1.82) is 0 Å². The van der Waals surface area contributed by atoms with Gasteiger partial charge in [0, 0.05) is 25.4 Å². The molecule has 0 saturated carbocycles. The van der Waals surface area contributed by atoms with Crippen molar-refractivity contribution in [3.63, 3.8) is 0 Å². The Morgan fingerprint density at radius 3 is 2.75 bits per heavy atom. The minimum absolute atomic E-state index is 0.0580. The van der Waals surface area contributed by atoms with Crippen molar-refractivity contribution in [1.82, 2.24) is 9.78 Å². The fraction of sp³-hybridized carbons (Fsp3) is 0.636. The highest BCUT2D eigenvalue weighted by atomic mass is 16.5. The topological polar surface area (TPSA) is 64.3 Å². The second-order valence-electron chi connectivity index (χ2n) is 4.67. The number of hydrogen-bond acceptors (Lipinski definition) is 4. The number of nitrogens with zero attached hydrogens (tertiary/aromatic N) is 2. The molecule has 0 atom stereocenters. The van der Waals surface area contributed by atoms with Crippen LogP contribution in [0.1, 0.15) is 29.9 Å². The molecule has 0 aliphatic rings. The van der Waals surface area contributed by atoms with Crippen molar-refractivity contribution in [3.8, 4) is 0 Å². The number of aliphatic hydroxyl groups is 1. The first-order chi connectivity index (χ1) is 7.39. The highest BCUT2D eigenvalue weighted by molar-refractivity contribution is 5.88. The van der Waals surface area contributed by atoms with Gasteiger partial charge in [0.05, 0.1) is 7.11 Å². The third-order valence-corrected chi connectivity index (χ3v) is 2.38. The molecule has 1 aromatic heterocycles. The van der Waals surface area contributed by atoms with E-state index < -0.39 is 5.97 Å². The maximum atomic E-state index is 11.5. The molecular weight excluding hydrogens is 208 g/mol. The maximum absolute atomic E-state index is 11.5. The standard InChI is InChI=1S/C11H18N2O3/c1-11(2,7-14)5-8-6-13(3)12-9(8)10(15)16-4/h6,14H,5,7H2,1-4H3. The summed E-state index contributed by atoms with van der Waals surface area (Å²) in [6.07, 6.45) is 2.37. The molecule has 0 spiro atoms. The van der Waals surface area contributed by atoms with E-state index in [9.17, 15) is 9.90 Å². The Labute approximate surface area is 95.0 Å². The van der Waals surface area contributed by atoms with Gasteiger partial charge in [-0.05, 0) is 11.8 Å². The van der Waals surface area contributed by atoms with E-state index in [1.54, 1.807) is 17.9 Å². The maximum Gasteiger partial charge on any atom is 0.358 e. The number of carbonyl (C=O) groups excluding carboxylic acids is 1. The second kappa shape index (κ2) is 4.65. The lowest BCUT2D eigenvalue weighted by Gasteiger charge is -2.20. The van der Waals surface area contributed by atoms with Crippen LogP contribution in [0.3, 0.4) is 0 Å². The summed E-state index contributed by atoms with van der Waals surface area (Å²) in [4.78, 5) is 11.5. The molecule has 1 N–H and O–H groups in total. The summed E-state index contributed by atoms with van der Waals surface area (Å²) in [5, 5.41) is 13.3. The van der Waals surface area contributed by atoms with Crippen molar-refractivity contribution in [3.05, 3.63) is 17.5 Å². The van der Waals surface area contributed by atoms with Crippen molar-refractivity contribution in [2.45, 2.75) is 20.3 Å². The third-order valence-electron chi connectivity index (χ3n) is 2.38. The van der Waals surface area contributed by atoms with Gasteiger partial charge in [0.15, 0.2) is 5.69 Å². The molecule has 0 bridgehead atoms. The highest BCUT2D eigenvalue weighted by Crippen LogP contribution is 2.23. The number of methoxy groups -OCH3 is 1. The number of hydrogen-bond donors (Lipinski definition) is 1. The molecule has 1 rings (SSSR count). The SMILES string of the molecule is COC(=O)c1nn(C)cc1CC(C)(C)CO. The van der Waals surface area contributed by atoms with Gasteiger partial charge in [-0.25, -0.2) is 4.79 Å². The molecule has 5 heteroatoms. The zero-order chi connectivity index (χ0) is 12.3. The van der Waals surface area contributed by atoms with Gasteiger partial charge >= 0.3 is 5.97 Å². The van der Waals surface area contributed by atoms with Crippen molar-refractivity contribution in [2.75, 3.05) is 13.7 Å². The van der Waals surface area contributed by atoms with E-state index in [1.165, 1.54) is 7.11 Å². The number of ether oxygens (including phenoxy) is 1. The molecule has 0 aliphatic heterocycles. The summed E-state index contributed by atoms with van der Waals surface area (Å²) in [5.41, 5.74) is 0.853. The van der Waals surface area contributed by atoms with Crippen LogP contribution in [0.4, 0.5) is 0 Å². The van der Waals surface area contributed by atoms with E-state index in [2.05, 4.69) is 9.84 Å². The Morgan fingerprint density at radius 2 is 2.25 bits per heavy atom. The van der Waals surface area contributed by atoms with Crippen LogP contribution >= 0.6 is 0 Å². The first-order valence-corrected chi connectivity index (χ1v) is 5.11. The van der Waals surface area contributed by atoms with Gasteiger partial charge in [0.25, 0.3) is 0 Å². The molecule has 0 fully saturated rings. The monoisotopic (exact) mass is 226 g/mol. The van der Waals surface area contributed by atoms with Crippen LogP contribution < -0.4 is 0 Å². The highest BCUT2D eigenvalue weighted by Gasteiger charge is 2.24. The largest absolute Gasteiger partial charge is 0.464 e. The lowest BCUT2D eigenvalue weighted by atomic mass is 9.87. The average Bonchev–Trinajstić information content (AvgIpc) is 2.57. The van der Waals surface area contributed by atoms with Crippen molar-refractivity contribution < 1.29 is 14.6 Å². The summed E-state index contributed by atoms with van der Waals surface area (Å²) in [6.45, 7) is 3.92. The van der Waals surface area contributed by atoms with Gasteiger partial charge in [-0.3, -0.25) is 4.68 Å². The zero-order valence-corrected chi connectivity index (χ0v) is 10.1. The number of aromatic nitrogens is 2. The summed E-state index contributed by atoms with van der Waals surface area (Å²) in [6, 6.07) is 0. The van der Waals surface area contributed by atoms with Crippen LogP contribution in [0, 0.1) is 5.41 Å². The number of aryl methyl sites for hydroxylation is 1. The summed E-state index contributed by atoms with van der Waals surface area (Å²) < 4.78 is 6.24. The van der Waals surface area contributed by atoms with Crippen LogP contribution in [0.2, 0.25) is 0 Å². The number of aliphatic hydroxyl groups excluding tert-OH is 1. The molecule has 1 aromatic rings. The fourth-order valence-electron chi connectivity index (χ4n) is 1.51. The lowest BCUT2D eigenvalue weighted by molar-refractivity contribution is 0.0590. The van der Waals surface area contributed by atoms with E-state index in [0.29, 0.717) is 12.1 Å². The Kier molecular flexibility index (Phi) is 3.70. The molecular formula is C11H18N2O3. The van der Waals surface area contributed by atoms with Crippen LogP contribution in [0.25, 0.3) is 0 Å². The van der Waals surface area contributed by atoms with Crippen LogP contribution in [0.15, 0.2) is 6.20 Å². The Balaban J connectivity index is 3.00. The predicted molar refractivity (Wildman–Crippen MR) is 59.1 cm³/mol. The zero-order valence-electron chi connectivity index (χ0n) is 10.1. The molecule has 1 heterocycles. The smallest absolute Gasteiger partial charge is 0.358 e. The van der Waals surface area contributed by atoms with Gasteiger partial charge in [-0.15, -0.1) is 0 Å². The van der Waals surface area contributed by atoms with Gasteiger partial charge in [0.1, 0.15) is 0 Å². The summed E-state index contributed by atoms with van der Waals surface area (Å²) >= 11 is 0. The quantitative estimate of drug-likeness (QED) is 0.770. The van der Waals surface area contributed by atoms with E-state index in [1.807, 2.05) is 13.8 Å². The van der Waals surface area contributed by atoms with Crippen LogP contribution in [0.5, 0.6) is 0 Å². The first kappa shape index (κ1) is 12.7. The minimum Gasteiger partial charge on any atom is -0.464 e. The lowest BCUT2D eigenvalue weighted by Crippen LogP contribution is -2.21. The summed E-state index contributed by atoms with van der Waals surface area (Å²) in [7, 11) is 3.08. The molecule has 0 radical (unpaired) electrons. The van der Waals surface area contributed by atoms with E-state index >= 15 is 0 Å². The van der Waals surface area contributed by atoms with Crippen molar-refractivity contribution in [2.24, 2.45) is 12.5 Å². The first-order valence-electron chi connectivity index (χ1n) is 5.11. The molecule has 0 amide bonds. The second-order valence-corrected chi connectivity index (χ2v) is 4.67. The number of esters is 1. The molecule has 0 aromatic carbocycles. The van der Waals surface area contributed by atoms with E-state index in [4.69, 9.17) is 0 Å². The van der Waals surface area contributed by atoms with Crippen molar-refractivity contribution >= 4 is 5.97 Å². The van der Waals surface area contributed by atoms with Crippen LogP contribution in [-0.2, 0) is 18.2 Å². The molecule has 0 unspecified atom stereocenters. The normalized spacial score (nSPS) is 11.6. The fourth-order valence-corrected chi connectivity index (χ4v) is 1.51. The van der Waals surface area contributed by atoms with Gasteiger partial charge in [-0.2, -0.15) is 5.10 Å². The average molecular weight is 226 g/mol.